The van der Waals surface area contributed by atoms with Gasteiger partial charge in [-0.1, -0.05) is 32.9 Å². The molecule has 0 unspecified atom stereocenters. The molecule has 0 atom stereocenters. The van der Waals surface area contributed by atoms with Crippen molar-refractivity contribution >= 4 is 6.29 Å². The van der Waals surface area contributed by atoms with Crippen molar-refractivity contribution in [3.05, 3.63) is 47.5 Å². The van der Waals surface area contributed by atoms with Crippen LogP contribution in [0.25, 0.3) is 0 Å². The minimum Gasteiger partial charge on any atom is -0.493 e. The number of aldehydes is 1. The Hall–Kier alpha value is -2.49. The number of methoxy groups -OCH3 is 1. The molecule has 0 aliphatic rings. The number of hydrogen-bond donors (Lipinski definition) is 0. The summed E-state index contributed by atoms with van der Waals surface area (Å²) in [4.78, 5) is 11.2. The van der Waals surface area contributed by atoms with E-state index in [1.165, 1.54) is 12.7 Å². The Morgan fingerprint density at radius 2 is 1.67 bits per heavy atom. The molecular weight excluding hydrogens is 304 g/mol. The third-order valence-corrected chi connectivity index (χ3v) is 3.64. The van der Waals surface area contributed by atoms with E-state index in [2.05, 4.69) is 20.8 Å². The van der Waals surface area contributed by atoms with Gasteiger partial charge in [-0.2, -0.15) is 0 Å². The number of ether oxygens (including phenoxy) is 3. The van der Waals surface area contributed by atoms with Crippen LogP contribution in [0.5, 0.6) is 23.0 Å². The van der Waals surface area contributed by atoms with Gasteiger partial charge in [-0.25, -0.2) is 0 Å². The van der Waals surface area contributed by atoms with E-state index in [1.807, 2.05) is 31.2 Å². The van der Waals surface area contributed by atoms with Crippen LogP contribution < -0.4 is 14.2 Å². The van der Waals surface area contributed by atoms with Crippen LogP contribution in [0.1, 0.15) is 43.6 Å². The van der Waals surface area contributed by atoms with Crippen molar-refractivity contribution in [2.24, 2.45) is 0 Å². The number of hydrogen-bond acceptors (Lipinski definition) is 4. The first-order valence-electron chi connectivity index (χ1n) is 7.97. The standard InChI is InChI=1S/C20H24O4/c1-6-23-19-17(22-5)11-14(13-21)12-18(19)24-16-9-7-15(8-10-16)20(2,3)4/h7-13H,6H2,1-5H3. The monoisotopic (exact) mass is 328 g/mol. The second-order valence-electron chi connectivity index (χ2n) is 6.48. The van der Waals surface area contributed by atoms with Crippen molar-refractivity contribution in [1.29, 1.82) is 0 Å². The molecule has 0 amide bonds. The summed E-state index contributed by atoms with van der Waals surface area (Å²) in [6, 6.07) is 11.2. The van der Waals surface area contributed by atoms with E-state index in [1.54, 1.807) is 12.1 Å². The van der Waals surface area contributed by atoms with E-state index in [-0.39, 0.29) is 5.41 Å². The molecule has 0 fully saturated rings. The van der Waals surface area contributed by atoms with Gasteiger partial charge in [0.15, 0.2) is 11.5 Å². The van der Waals surface area contributed by atoms with Crippen LogP contribution in [0.15, 0.2) is 36.4 Å². The fourth-order valence-corrected chi connectivity index (χ4v) is 2.33. The Labute approximate surface area is 143 Å². The summed E-state index contributed by atoms with van der Waals surface area (Å²) in [7, 11) is 1.54. The number of carbonyl (C=O) groups excluding carboxylic acids is 1. The molecule has 0 radical (unpaired) electrons. The van der Waals surface area contributed by atoms with Gasteiger partial charge in [0.05, 0.1) is 13.7 Å². The van der Waals surface area contributed by atoms with Crippen LogP contribution in [-0.4, -0.2) is 20.0 Å². The van der Waals surface area contributed by atoms with Crippen LogP contribution in [-0.2, 0) is 5.41 Å². The zero-order chi connectivity index (χ0) is 17.7. The first-order valence-corrected chi connectivity index (χ1v) is 7.97. The first-order chi connectivity index (χ1) is 11.4. The van der Waals surface area contributed by atoms with E-state index >= 15 is 0 Å². The number of carbonyl (C=O) groups is 1. The van der Waals surface area contributed by atoms with E-state index < -0.39 is 0 Å². The first kappa shape index (κ1) is 17.9. The zero-order valence-corrected chi connectivity index (χ0v) is 14.9. The molecular formula is C20H24O4. The molecule has 128 valence electrons. The van der Waals surface area contributed by atoms with Crippen LogP contribution in [0.3, 0.4) is 0 Å². The molecule has 2 aromatic carbocycles. The molecule has 0 spiro atoms. The Balaban J connectivity index is 2.38. The molecule has 0 aromatic heterocycles. The molecule has 0 N–H and O–H groups in total. The van der Waals surface area contributed by atoms with Crippen LogP contribution in [0, 0.1) is 0 Å². The summed E-state index contributed by atoms with van der Waals surface area (Å²) in [5.41, 5.74) is 1.77. The van der Waals surface area contributed by atoms with Gasteiger partial charge in [-0.3, -0.25) is 4.79 Å². The van der Waals surface area contributed by atoms with Gasteiger partial charge >= 0.3 is 0 Å². The minimum absolute atomic E-state index is 0.0790. The third kappa shape index (κ3) is 4.07. The average molecular weight is 328 g/mol. The minimum atomic E-state index is 0.0790. The van der Waals surface area contributed by atoms with Crippen molar-refractivity contribution < 1.29 is 19.0 Å². The normalized spacial score (nSPS) is 11.0. The van der Waals surface area contributed by atoms with Crippen LogP contribution in [0.4, 0.5) is 0 Å². The predicted molar refractivity (Wildman–Crippen MR) is 94.8 cm³/mol. The Bertz CT molecular complexity index is 697. The lowest BCUT2D eigenvalue weighted by Crippen LogP contribution is -2.10. The summed E-state index contributed by atoms with van der Waals surface area (Å²) >= 11 is 0. The molecule has 0 aliphatic carbocycles. The maximum absolute atomic E-state index is 11.2. The predicted octanol–water partition coefficient (Wildman–Crippen LogP) is 5.00. The molecule has 0 aliphatic heterocycles. The maximum Gasteiger partial charge on any atom is 0.204 e. The van der Waals surface area contributed by atoms with Crippen molar-refractivity contribution in [2.45, 2.75) is 33.1 Å². The van der Waals surface area contributed by atoms with Gasteiger partial charge in [0.2, 0.25) is 5.75 Å². The zero-order valence-electron chi connectivity index (χ0n) is 14.9. The van der Waals surface area contributed by atoms with Gasteiger partial charge < -0.3 is 14.2 Å². The fraction of sp³-hybridized carbons (Fsp3) is 0.350. The van der Waals surface area contributed by atoms with Crippen molar-refractivity contribution in [2.75, 3.05) is 13.7 Å². The SMILES string of the molecule is CCOc1c(OC)cc(C=O)cc1Oc1ccc(C(C)(C)C)cc1. The largest absolute Gasteiger partial charge is 0.493 e. The lowest BCUT2D eigenvalue weighted by molar-refractivity contribution is 0.112. The number of rotatable bonds is 6. The Morgan fingerprint density at radius 1 is 1.04 bits per heavy atom. The van der Waals surface area contributed by atoms with Gasteiger partial charge in [-0.05, 0) is 42.2 Å². The summed E-state index contributed by atoms with van der Waals surface area (Å²) < 4.78 is 16.9. The van der Waals surface area contributed by atoms with Crippen molar-refractivity contribution in [1.82, 2.24) is 0 Å². The van der Waals surface area contributed by atoms with Gasteiger partial charge in [0.1, 0.15) is 12.0 Å². The molecule has 0 heterocycles. The summed E-state index contributed by atoms with van der Waals surface area (Å²) in [6.45, 7) is 8.84. The lowest BCUT2D eigenvalue weighted by Gasteiger charge is -2.19. The van der Waals surface area contributed by atoms with E-state index in [0.29, 0.717) is 35.2 Å². The highest BCUT2D eigenvalue weighted by molar-refractivity contribution is 5.78. The highest BCUT2D eigenvalue weighted by atomic mass is 16.5. The quantitative estimate of drug-likeness (QED) is 0.700. The van der Waals surface area contributed by atoms with Gasteiger partial charge in [-0.15, -0.1) is 0 Å². The second kappa shape index (κ2) is 7.39. The van der Waals surface area contributed by atoms with E-state index in [9.17, 15) is 4.79 Å². The lowest BCUT2D eigenvalue weighted by atomic mass is 9.87. The molecule has 4 heteroatoms. The smallest absolute Gasteiger partial charge is 0.204 e. The number of benzene rings is 2. The summed E-state index contributed by atoms with van der Waals surface area (Å²) in [6.07, 6.45) is 0.758. The molecule has 24 heavy (non-hydrogen) atoms. The third-order valence-electron chi connectivity index (χ3n) is 3.64. The highest BCUT2D eigenvalue weighted by Crippen LogP contribution is 2.41. The van der Waals surface area contributed by atoms with E-state index in [0.717, 1.165) is 6.29 Å². The Morgan fingerprint density at radius 3 is 2.17 bits per heavy atom. The second-order valence-corrected chi connectivity index (χ2v) is 6.48. The molecule has 2 rings (SSSR count). The highest BCUT2D eigenvalue weighted by Gasteiger charge is 2.16. The van der Waals surface area contributed by atoms with Crippen LogP contribution >= 0.6 is 0 Å². The fourth-order valence-electron chi connectivity index (χ4n) is 2.33. The van der Waals surface area contributed by atoms with Gasteiger partial charge in [0.25, 0.3) is 0 Å². The molecule has 0 bridgehead atoms. The van der Waals surface area contributed by atoms with Crippen molar-refractivity contribution in [3.63, 3.8) is 0 Å². The van der Waals surface area contributed by atoms with Gasteiger partial charge in [0, 0.05) is 5.56 Å². The molecule has 0 saturated carbocycles. The Kier molecular flexibility index (Phi) is 5.50. The summed E-state index contributed by atoms with van der Waals surface area (Å²) in [5, 5.41) is 0. The maximum atomic E-state index is 11.2. The van der Waals surface area contributed by atoms with Crippen molar-refractivity contribution in [3.8, 4) is 23.0 Å². The summed E-state index contributed by atoms with van der Waals surface area (Å²) in [5.74, 6) is 2.10. The molecule has 0 saturated heterocycles. The molecule has 4 nitrogen and oxygen atoms in total. The molecule has 2 aromatic rings. The van der Waals surface area contributed by atoms with Crippen LogP contribution in [0.2, 0.25) is 0 Å². The average Bonchev–Trinajstić information content (AvgIpc) is 2.56. The van der Waals surface area contributed by atoms with E-state index in [4.69, 9.17) is 14.2 Å². The topological polar surface area (TPSA) is 44.8 Å².